The van der Waals surface area contributed by atoms with Gasteiger partial charge in [0, 0.05) is 18.7 Å². The zero-order valence-corrected chi connectivity index (χ0v) is 14.7. The van der Waals surface area contributed by atoms with Crippen LogP contribution in [0.1, 0.15) is 40.3 Å². The molecule has 0 radical (unpaired) electrons. The number of esters is 1. The number of hydrogen-bond donors (Lipinski definition) is 1. The van der Waals surface area contributed by atoms with E-state index in [1.54, 1.807) is 47.7 Å². The first-order chi connectivity index (χ1) is 12.0. The maximum absolute atomic E-state index is 12.4. The number of likely N-dealkylation sites (N-methyl/N-ethyl adjacent to an activating group) is 1. The second-order valence-electron chi connectivity index (χ2n) is 5.43. The van der Waals surface area contributed by atoms with Crippen LogP contribution >= 0.6 is 0 Å². The third-order valence-electron chi connectivity index (χ3n) is 3.90. The van der Waals surface area contributed by atoms with Crippen LogP contribution in [-0.4, -0.2) is 58.0 Å². The number of carbonyl (C=O) groups excluding carboxylic acids is 2. The highest BCUT2D eigenvalue weighted by molar-refractivity contribution is 5.94. The first kappa shape index (κ1) is 18.7. The fourth-order valence-corrected chi connectivity index (χ4v) is 2.53. The Morgan fingerprint density at radius 2 is 1.92 bits per heavy atom. The second kappa shape index (κ2) is 8.43. The average Bonchev–Trinajstić information content (AvgIpc) is 3.01. The summed E-state index contributed by atoms with van der Waals surface area (Å²) in [6.45, 7) is 6.48. The molecule has 1 heterocycles. The summed E-state index contributed by atoms with van der Waals surface area (Å²) < 4.78 is 6.64. The quantitative estimate of drug-likeness (QED) is 0.774. The lowest BCUT2D eigenvalue weighted by Crippen LogP contribution is -2.33. The molecule has 0 atom stereocenters. The van der Waals surface area contributed by atoms with Crippen LogP contribution in [0.2, 0.25) is 0 Å². The van der Waals surface area contributed by atoms with Gasteiger partial charge in [-0.2, -0.15) is 5.10 Å². The predicted molar refractivity (Wildman–Crippen MR) is 92.9 cm³/mol. The predicted octanol–water partition coefficient (Wildman–Crippen LogP) is 1.81. The Bertz CT molecular complexity index is 737. The molecule has 0 bridgehead atoms. The lowest BCUT2D eigenvalue weighted by Gasteiger charge is -2.19. The molecule has 1 N–H and O–H groups in total. The fourth-order valence-electron chi connectivity index (χ4n) is 2.53. The minimum atomic E-state index is -0.402. The maximum atomic E-state index is 12.4. The average molecular weight is 345 g/mol. The molecule has 1 amide bonds. The van der Waals surface area contributed by atoms with Gasteiger partial charge in [-0.1, -0.05) is 0 Å². The number of rotatable bonds is 7. The number of benzene rings is 1. The van der Waals surface area contributed by atoms with Crippen molar-refractivity contribution < 1.29 is 19.4 Å². The van der Waals surface area contributed by atoms with Crippen LogP contribution in [0, 0.1) is 6.92 Å². The van der Waals surface area contributed by atoms with Crippen molar-refractivity contribution in [3.8, 4) is 5.69 Å². The third-order valence-corrected chi connectivity index (χ3v) is 3.90. The fraction of sp³-hybridized carbons (Fsp3) is 0.389. The number of carbonyl (C=O) groups is 2. The Balaban J connectivity index is 2.23. The summed E-state index contributed by atoms with van der Waals surface area (Å²) in [6.07, 6.45) is 1.48. The van der Waals surface area contributed by atoms with Crippen molar-refractivity contribution in [1.29, 1.82) is 0 Å². The number of amides is 1. The van der Waals surface area contributed by atoms with Gasteiger partial charge in [-0.3, -0.25) is 4.79 Å². The highest BCUT2D eigenvalue weighted by atomic mass is 16.5. The van der Waals surface area contributed by atoms with Gasteiger partial charge in [0.25, 0.3) is 5.91 Å². The molecule has 0 spiro atoms. The van der Waals surface area contributed by atoms with Crippen LogP contribution in [-0.2, 0) is 4.74 Å². The van der Waals surface area contributed by atoms with E-state index in [9.17, 15) is 9.59 Å². The highest BCUT2D eigenvalue weighted by Crippen LogP contribution is 2.16. The lowest BCUT2D eigenvalue weighted by molar-refractivity contribution is 0.0525. The standard InChI is InChI=1S/C18H23N3O4/c1-4-20(10-11-22)17(23)14-6-8-15(9-7-14)21-13(3)16(12-19-21)18(24)25-5-2/h6-9,12,22H,4-5,10-11H2,1-3H3. The van der Waals surface area contributed by atoms with Crippen molar-refractivity contribution in [2.24, 2.45) is 0 Å². The van der Waals surface area contributed by atoms with E-state index in [0.717, 1.165) is 5.69 Å². The molecule has 0 fully saturated rings. The van der Waals surface area contributed by atoms with Crippen molar-refractivity contribution in [1.82, 2.24) is 14.7 Å². The van der Waals surface area contributed by atoms with Crippen molar-refractivity contribution >= 4 is 11.9 Å². The van der Waals surface area contributed by atoms with E-state index in [-0.39, 0.29) is 12.5 Å². The molecule has 1 aromatic carbocycles. The Morgan fingerprint density at radius 1 is 1.24 bits per heavy atom. The van der Waals surface area contributed by atoms with E-state index >= 15 is 0 Å². The molecule has 0 aliphatic carbocycles. The van der Waals surface area contributed by atoms with Crippen molar-refractivity contribution in [2.45, 2.75) is 20.8 Å². The van der Waals surface area contributed by atoms with Crippen LogP contribution in [0.5, 0.6) is 0 Å². The molecule has 2 rings (SSSR count). The van der Waals surface area contributed by atoms with E-state index in [1.165, 1.54) is 6.20 Å². The van der Waals surface area contributed by atoms with Gasteiger partial charge >= 0.3 is 5.97 Å². The largest absolute Gasteiger partial charge is 0.462 e. The summed E-state index contributed by atoms with van der Waals surface area (Å²) in [6, 6.07) is 6.97. The van der Waals surface area contributed by atoms with Crippen LogP contribution < -0.4 is 0 Å². The molecule has 134 valence electrons. The molecule has 25 heavy (non-hydrogen) atoms. The van der Waals surface area contributed by atoms with Gasteiger partial charge in [0.2, 0.25) is 0 Å². The minimum absolute atomic E-state index is 0.0687. The Labute approximate surface area is 146 Å². The minimum Gasteiger partial charge on any atom is -0.462 e. The summed E-state index contributed by atoms with van der Waals surface area (Å²) in [5, 5.41) is 13.3. The van der Waals surface area contributed by atoms with Gasteiger partial charge in [0.1, 0.15) is 5.56 Å². The summed E-state index contributed by atoms with van der Waals surface area (Å²) in [4.78, 5) is 25.8. The molecule has 0 aliphatic heterocycles. The van der Waals surface area contributed by atoms with Gasteiger partial charge in [0.15, 0.2) is 0 Å². The number of aliphatic hydroxyl groups is 1. The van der Waals surface area contributed by atoms with E-state index in [1.807, 2.05) is 6.92 Å². The van der Waals surface area contributed by atoms with Crippen LogP contribution in [0.25, 0.3) is 5.69 Å². The number of nitrogens with zero attached hydrogens (tertiary/aromatic N) is 3. The summed E-state index contributed by atoms with van der Waals surface area (Å²) in [5.74, 6) is -0.534. The Hall–Kier alpha value is -2.67. The number of ether oxygens (including phenoxy) is 1. The molecule has 2 aromatic rings. The first-order valence-electron chi connectivity index (χ1n) is 8.25. The molecule has 1 aromatic heterocycles. The van der Waals surface area contributed by atoms with E-state index < -0.39 is 5.97 Å². The van der Waals surface area contributed by atoms with Gasteiger partial charge in [-0.25, -0.2) is 9.48 Å². The molecule has 0 unspecified atom stereocenters. The van der Waals surface area contributed by atoms with Gasteiger partial charge < -0.3 is 14.7 Å². The Morgan fingerprint density at radius 3 is 2.48 bits per heavy atom. The van der Waals surface area contributed by atoms with Crippen LogP contribution in [0.15, 0.2) is 30.5 Å². The summed E-state index contributed by atoms with van der Waals surface area (Å²) >= 11 is 0. The maximum Gasteiger partial charge on any atom is 0.341 e. The number of aliphatic hydroxyl groups excluding tert-OH is 1. The third kappa shape index (κ3) is 4.06. The zero-order valence-electron chi connectivity index (χ0n) is 14.7. The Kier molecular flexibility index (Phi) is 6.30. The van der Waals surface area contributed by atoms with Crippen LogP contribution in [0.3, 0.4) is 0 Å². The molecule has 7 nitrogen and oxygen atoms in total. The van der Waals surface area contributed by atoms with Gasteiger partial charge in [-0.05, 0) is 45.0 Å². The van der Waals surface area contributed by atoms with E-state index in [2.05, 4.69) is 5.10 Å². The monoisotopic (exact) mass is 345 g/mol. The highest BCUT2D eigenvalue weighted by Gasteiger charge is 2.17. The topological polar surface area (TPSA) is 84.7 Å². The number of aromatic nitrogens is 2. The van der Waals surface area contributed by atoms with E-state index in [0.29, 0.717) is 36.5 Å². The van der Waals surface area contributed by atoms with Gasteiger partial charge in [-0.15, -0.1) is 0 Å². The van der Waals surface area contributed by atoms with E-state index in [4.69, 9.17) is 9.84 Å². The van der Waals surface area contributed by atoms with Crippen molar-refractivity contribution in [3.63, 3.8) is 0 Å². The first-order valence-corrected chi connectivity index (χ1v) is 8.25. The normalized spacial score (nSPS) is 10.6. The van der Waals surface area contributed by atoms with Crippen molar-refractivity contribution in [2.75, 3.05) is 26.3 Å². The van der Waals surface area contributed by atoms with Gasteiger partial charge in [0.05, 0.1) is 30.8 Å². The molecule has 0 saturated heterocycles. The summed E-state index contributed by atoms with van der Waals surface area (Å²) in [5.41, 5.74) is 2.37. The smallest absolute Gasteiger partial charge is 0.341 e. The summed E-state index contributed by atoms with van der Waals surface area (Å²) in [7, 11) is 0. The molecule has 7 heteroatoms. The van der Waals surface area contributed by atoms with Crippen molar-refractivity contribution in [3.05, 3.63) is 47.3 Å². The molecule has 0 saturated carbocycles. The number of hydrogen-bond acceptors (Lipinski definition) is 5. The molecule has 0 aliphatic rings. The zero-order chi connectivity index (χ0) is 18.4. The lowest BCUT2D eigenvalue weighted by atomic mass is 10.1. The SMILES string of the molecule is CCOC(=O)c1cnn(-c2ccc(C(=O)N(CC)CCO)cc2)c1C. The second-order valence-corrected chi connectivity index (χ2v) is 5.43. The molecular weight excluding hydrogens is 322 g/mol. The van der Waals surface area contributed by atoms with Crippen LogP contribution in [0.4, 0.5) is 0 Å². The molecular formula is C18H23N3O4.